The smallest absolute Gasteiger partial charge is 0.135 e. The molecule has 2 saturated carbocycles. The molecule has 2 aliphatic rings. The van der Waals surface area contributed by atoms with Gasteiger partial charge in [-0.25, -0.2) is 0 Å². The third kappa shape index (κ3) is 3.36. The Kier molecular flexibility index (Phi) is 5.26. The number of carbonyl (C=O) groups is 1. The van der Waals surface area contributed by atoms with Crippen LogP contribution in [0.2, 0.25) is 0 Å². The summed E-state index contributed by atoms with van der Waals surface area (Å²) in [6, 6.07) is 0. The Hall–Kier alpha value is -0.330. The van der Waals surface area contributed by atoms with Gasteiger partial charge in [-0.1, -0.05) is 33.1 Å². The molecule has 0 aromatic heterocycles. The molecular weight excluding hydrogens is 220 g/mol. The Labute approximate surface area is 113 Å². The van der Waals surface area contributed by atoms with Crippen molar-refractivity contribution in [3.8, 4) is 0 Å². The fourth-order valence-corrected chi connectivity index (χ4v) is 4.20. The molecule has 4 atom stereocenters. The quantitative estimate of drug-likeness (QED) is 0.672. The van der Waals surface area contributed by atoms with Crippen LogP contribution in [0.5, 0.6) is 0 Å². The molecule has 0 aromatic carbocycles. The van der Waals surface area contributed by atoms with Crippen LogP contribution in [0.25, 0.3) is 0 Å². The predicted molar refractivity (Wildman–Crippen MR) is 76.5 cm³/mol. The van der Waals surface area contributed by atoms with E-state index < -0.39 is 0 Å². The van der Waals surface area contributed by atoms with Crippen molar-refractivity contribution in [2.75, 3.05) is 0 Å². The summed E-state index contributed by atoms with van der Waals surface area (Å²) in [6.07, 6.45) is 12.5. The van der Waals surface area contributed by atoms with Gasteiger partial charge in [-0.2, -0.15) is 0 Å². The molecule has 18 heavy (non-hydrogen) atoms. The van der Waals surface area contributed by atoms with Gasteiger partial charge in [-0.15, -0.1) is 0 Å². The summed E-state index contributed by atoms with van der Waals surface area (Å²) >= 11 is 0. The van der Waals surface area contributed by atoms with Crippen molar-refractivity contribution in [2.45, 2.75) is 78.1 Å². The lowest BCUT2D eigenvalue weighted by atomic mass is 9.63. The molecule has 1 nitrogen and oxygen atoms in total. The summed E-state index contributed by atoms with van der Waals surface area (Å²) in [6.45, 7) is 4.51. The van der Waals surface area contributed by atoms with Gasteiger partial charge in [-0.05, 0) is 56.3 Å². The first-order chi connectivity index (χ1) is 8.74. The molecule has 0 saturated heterocycles. The molecule has 0 N–H and O–H groups in total. The fraction of sp³-hybridized carbons (Fsp3) is 0.941. The van der Waals surface area contributed by atoms with Crippen LogP contribution in [0.15, 0.2) is 0 Å². The number of hydrogen-bond acceptors (Lipinski definition) is 1. The van der Waals surface area contributed by atoms with Gasteiger partial charge < -0.3 is 0 Å². The van der Waals surface area contributed by atoms with Crippen molar-refractivity contribution in [3.05, 3.63) is 0 Å². The highest BCUT2D eigenvalue weighted by atomic mass is 16.1. The number of hydrogen-bond donors (Lipinski definition) is 0. The standard InChI is InChI=1S/C17H30O/c1-3-5-6-17(18)16-10-9-14-11-13(4-2)7-8-15(14)12-16/h13-16H,3-12H2,1-2H3/t13?,14-,15?,16-/m1/s1. The zero-order valence-electron chi connectivity index (χ0n) is 12.3. The van der Waals surface area contributed by atoms with Gasteiger partial charge in [0, 0.05) is 12.3 Å². The Morgan fingerprint density at radius 3 is 2.44 bits per heavy atom. The van der Waals surface area contributed by atoms with Crippen LogP contribution in [-0.4, -0.2) is 5.78 Å². The highest BCUT2D eigenvalue weighted by Gasteiger charge is 2.36. The van der Waals surface area contributed by atoms with E-state index in [2.05, 4.69) is 13.8 Å². The molecular formula is C17H30O. The monoisotopic (exact) mass is 250 g/mol. The minimum atomic E-state index is 0.427. The summed E-state index contributed by atoms with van der Waals surface area (Å²) in [5, 5.41) is 0. The van der Waals surface area contributed by atoms with Crippen molar-refractivity contribution in [1.82, 2.24) is 0 Å². The second-order valence-corrected chi connectivity index (χ2v) is 6.69. The lowest BCUT2D eigenvalue weighted by Gasteiger charge is -2.41. The first kappa shape index (κ1) is 14.1. The SMILES string of the molecule is CCCCC(=O)[C@@H]1CC[C@@H]2CC(CC)CCC2C1. The molecule has 1 heteroatoms. The summed E-state index contributed by atoms with van der Waals surface area (Å²) in [5.74, 6) is 3.83. The van der Waals surface area contributed by atoms with E-state index in [0.717, 1.165) is 37.0 Å². The minimum absolute atomic E-state index is 0.427. The van der Waals surface area contributed by atoms with Gasteiger partial charge in [-0.3, -0.25) is 4.79 Å². The summed E-state index contributed by atoms with van der Waals surface area (Å²) in [7, 11) is 0. The number of unbranched alkanes of at least 4 members (excludes halogenated alkanes) is 1. The lowest BCUT2D eigenvalue weighted by Crippen LogP contribution is -2.33. The predicted octanol–water partition coefficient (Wildman–Crippen LogP) is 4.99. The Balaban J connectivity index is 1.82. The van der Waals surface area contributed by atoms with Gasteiger partial charge in [0.2, 0.25) is 0 Å². The van der Waals surface area contributed by atoms with Crippen LogP contribution in [0.3, 0.4) is 0 Å². The Morgan fingerprint density at radius 2 is 1.72 bits per heavy atom. The van der Waals surface area contributed by atoms with E-state index in [9.17, 15) is 4.79 Å². The Morgan fingerprint density at radius 1 is 1.00 bits per heavy atom. The topological polar surface area (TPSA) is 17.1 Å². The molecule has 104 valence electrons. The first-order valence-corrected chi connectivity index (χ1v) is 8.27. The van der Waals surface area contributed by atoms with Crippen LogP contribution >= 0.6 is 0 Å². The van der Waals surface area contributed by atoms with E-state index in [1.165, 1.54) is 44.9 Å². The molecule has 2 aliphatic carbocycles. The number of carbonyl (C=O) groups excluding carboxylic acids is 1. The van der Waals surface area contributed by atoms with E-state index >= 15 is 0 Å². The zero-order chi connectivity index (χ0) is 13.0. The zero-order valence-corrected chi connectivity index (χ0v) is 12.3. The molecule has 0 spiro atoms. The van der Waals surface area contributed by atoms with Crippen LogP contribution in [0.4, 0.5) is 0 Å². The Bertz CT molecular complexity index is 271. The van der Waals surface area contributed by atoms with Crippen molar-refractivity contribution in [1.29, 1.82) is 0 Å². The number of Topliss-reactive ketones (excluding diaryl/α,β-unsaturated/α-hetero) is 1. The lowest BCUT2D eigenvalue weighted by molar-refractivity contribution is -0.125. The average molecular weight is 250 g/mol. The first-order valence-electron chi connectivity index (χ1n) is 8.27. The number of rotatable bonds is 5. The summed E-state index contributed by atoms with van der Waals surface area (Å²) in [4.78, 5) is 12.2. The maximum atomic E-state index is 12.2. The molecule has 2 fully saturated rings. The number of fused-ring (bicyclic) bond motifs is 1. The molecule has 0 amide bonds. The third-order valence-electron chi connectivity index (χ3n) is 5.53. The van der Waals surface area contributed by atoms with E-state index in [0.29, 0.717) is 11.7 Å². The highest BCUT2D eigenvalue weighted by molar-refractivity contribution is 5.81. The molecule has 0 aliphatic heterocycles. The summed E-state index contributed by atoms with van der Waals surface area (Å²) < 4.78 is 0. The van der Waals surface area contributed by atoms with Crippen molar-refractivity contribution < 1.29 is 4.79 Å². The van der Waals surface area contributed by atoms with Gasteiger partial charge in [0.25, 0.3) is 0 Å². The minimum Gasteiger partial charge on any atom is -0.299 e. The van der Waals surface area contributed by atoms with Gasteiger partial charge >= 0.3 is 0 Å². The van der Waals surface area contributed by atoms with Crippen LogP contribution in [0.1, 0.15) is 78.1 Å². The largest absolute Gasteiger partial charge is 0.299 e. The van der Waals surface area contributed by atoms with Crippen molar-refractivity contribution in [2.24, 2.45) is 23.7 Å². The molecule has 0 bridgehead atoms. The fourth-order valence-electron chi connectivity index (χ4n) is 4.20. The van der Waals surface area contributed by atoms with Gasteiger partial charge in [0.1, 0.15) is 5.78 Å². The molecule has 2 rings (SSSR count). The molecule has 0 heterocycles. The van der Waals surface area contributed by atoms with Crippen molar-refractivity contribution >= 4 is 5.78 Å². The van der Waals surface area contributed by atoms with Crippen LogP contribution in [0, 0.1) is 23.7 Å². The van der Waals surface area contributed by atoms with Crippen LogP contribution < -0.4 is 0 Å². The van der Waals surface area contributed by atoms with Gasteiger partial charge in [0.15, 0.2) is 0 Å². The van der Waals surface area contributed by atoms with E-state index in [4.69, 9.17) is 0 Å². The average Bonchev–Trinajstić information content (AvgIpc) is 2.43. The van der Waals surface area contributed by atoms with E-state index in [1.807, 2.05) is 0 Å². The second-order valence-electron chi connectivity index (χ2n) is 6.69. The van der Waals surface area contributed by atoms with Crippen molar-refractivity contribution in [3.63, 3.8) is 0 Å². The molecule has 0 radical (unpaired) electrons. The van der Waals surface area contributed by atoms with Crippen LogP contribution in [-0.2, 0) is 4.79 Å². The molecule has 2 unspecified atom stereocenters. The maximum absolute atomic E-state index is 12.2. The number of ketones is 1. The summed E-state index contributed by atoms with van der Waals surface area (Å²) in [5.41, 5.74) is 0. The maximum Gasteiger partial charge on any atom is 0.135 e. The second kappa shape index (κ2) is 6.73. The normalized spacial score (nSPS) is 36.1. The molecule has 0 aromatic rings. The van der Waals surface area contributed by atoms with E-state index in [1.54, 1.807) is 0 Å². The third-order valence-corrected chi connectivity index (χ3v) is 5.53. The highest BCUT2D eigenvalue weighted by Crippen LogP contribution is 2.45. The van der Waals surface area contributed by atoms with Gasteiger partial charge in [0.05, 0.1) is 0 Å². The van der Waals surface area contributed by atoms with E-state index in [-0.39, 0.29) is 0 Å².